The van der Waals surface area contributed by atoms with E-state index < -0.39 is 0 Å². The minimum Gasteiger partial charge on any atom is -0.484 e. The molecular weight excluding hydrogens is 218 g/mol. The first kappa shape index (κ1) is 13.5. The Morgan fingerprint density at radius 1 is 1.29 bits per heavy atom. The molecule has 94 valence electrons. The van der Waals surface area contributed by atoms with Crippen LogP contribution < -0.4 is 4.74 Å². The molecule has 0 radical (unpaired) electrons. The Bertz CT molecular complexity index is 359. The van der Waals surface area contributed by atoms with Crippen molar-refractivity contribution in [2.24, 2.45) is 0 Å². The number of amides is 1. The van der Waals surface area contributed by atoms with Crippen molar-refractivity contribution in [3.8, 4) is 5.75 Å². The van der Waals surface area contributed by atoms with Crippen LogP contribution in [0.5, 0.6) is 5.75 Å². The number of hydrogen-bond acceptors (Lipinski definition) is 3. The van der Waals surface area contributed by atoms with Crippen LogP contribution in [0.3, 0.4) is 0 Å². The van der Waals surface area contributed by atoms with E-state index in [9.17, 15) is 4.79 Å². The summed E-state index contributed by atoms with van der Waals surface area (Å²) >= 11 is 0. The summed E-state index contributed by atoms with van der Waals surface area (Å²) < 4.78 is 5.35. The number of hydrogen-bond donors (Lipinski definition) is 0. The van der Waals surface area contributed by atoms with Crippen LogP contribution in [0.1, 0.15) is 25.3 Å². The van der Waals surface area contributed by atoms with Gasteiger partial charge < -0.3 is 4.74 Å². The summed E-state index contributed by atoms with van der Waals surface area (Å²) in [4.78, 5) is 16.2. The third-order valence-corrected chi connectivity index (χ3v) is 2.53. The molecule has 0 aromatic heterocycles. The van der Waals surface area contributed by atoms with Gasteiger partial charge in [-0.15, -0.1) is 0 Å². The highest BCUT2D eigenvalue weighted by Gasteiger charge is 2.08. The van der Waals surface area contributed by atoms with E-state index in [1.165, 1.54) is 12.7 Å². The van der Waals surface area contributed by atoms with Crippen LogP contribution in [-0.4, -0.2) is 31.7 Å². The highest BCUT2D eigenvalue weighted by atomic mass is 16.7. The molecule has 0 heterocycles. The zero-order chi connectivity index (χ0) is 12.8. The normalized spacial score (nSPS) is 10.4. The van der Waals surface area contributed by atoms with Crippen molar-refractivity contribution in [2.45, 2.75) is 19.8 Å². The maximum absolute atomic E-state index is 11.4. The molecule has 1 aromatic rings. The number of nitrogens with zero attached hydrogens (tertiary/aromatic N) is 1. The van der Waals surface area contributed by atoms with Crippen LogP contribution in [0.4, 0.5) is 0 Å². The van der Waals surface area contributed by atoms with E-state index in [0.717, 1.165) is 5.06 Å². The number of carbonyl (C=O) groups excluding carboxylic acids is 1. The van der Waals surface area contributed by atoms with Crippen molar-refractivity contribution in [1.82, 2.24) is 5.06 Å². The molecule has 1 aromatic carbocycles. The Balaban J connectivity index is 2.50. The number of benzene rings is 1. The average molecular weight is 237 g/mol. The van der Waals surface area contributed by atoms with Gasteiger partial charge in [-0.05, 0) is 23.6 Å². The van der Waals surface area contributed by atoms with Gasteiger partial charge >= 0.3 is 0 Å². The first-order chi connectivity index (χ1) is 8.04. The lowest BCUT2D eigenvalue weighted by Crippen LogP contribution is -2.30. The SMILES string of the molecule is CON(C)C(=O)COc1ccc(C(C)C)cc1. The smallest absolute Gasteiger partial charge is 0.283 e. The fraction of sp³-hybridized carbons (Fsp3) is 0.462. The minimum atomic E-state index is -0.222. The molecule has 4 nitrogen and oxygen atoms in total. The molecule has 17 heavy (non-hydrogen) atoms. The van der Waals surface area contributed by atoms with E-state index in [-0.39, 0.29) is 12.5 Å². The summed E-state index contributed by atoms with van der Waals surface area (Å²) in [6.07, 6.45) is 0. The zero-order valence-corrected chi connectivity index (χ0v) is 10.8. The molecule has 0 unspecified atom stereocenters. The maximum Gasteiger partial charge on any atom is 0.283 e. The van der Waals surface area contributed by atoms with Gasteiger partial charge in [-0.2, -0.15) is 0 Å². The fourth-order valence-electron chi connectivity index (χ4n) is 1.29. The van der Waals surface area contributed by atoms with Gasteiger partial charge in [-0.25, -0.2) is 5.06 Å². The van der Waals surface area contributed by atoms with Crippen molar-refractivity contribution in [3.63, 3.8) is 0 Å². The summed E-state index contributed by atoms with van der Waals surface area (Å²) in [5, 5.41) is 1.14. The molecule has 0 atom stereocenters. The first-order valence-electron chi connectivity index (χ1n) is 5.58. The molecule has 0 aliphatic carbocycles. The van der Waals surface area contributed by atoms with Crippen LogP contribution in [0.2, 0.25) is 0 Å². The summed E-state index contributed by atoms with van der Waals surface area (Å²) in [5.74, 6) is 0.956. The molecule has 1 rings (SSSR count). The summed E-state index contributed by atoms with van der Waals surface area (Å²) in [6.45, 7) is 4.24. The molecule has 0 bridgehead atoms. The Kier molecular flexibility index (Phi) is 4.97. The van der Waals surface area contributed by atoms with Crippen molar-refractivity contribution in [2.75, 3.05) is 20.8 Å². The van der Waals surface area contributed by atoms with Gasteiger partial charge in [-0.1, -0.05) is 26.0 Å². The van der Waals surface area contributed by atoms with Crippen LogP contribution in [0.15, 0.2) is 24.3 Å². The Morgan fingerprint density at radius 2 is 1.88 bits per heavy atom. The fourth-order valence-corrected chi connectivity index (χ4v) is 1.29. The van der Waals surface area contributed by atoms with Crippen molar-refractivity contribution >= 4 is 5.91 Å². The van der Waals surface area contributed by atoms with Crippen LogP contribution in [-0.2, 0) is 9.63 Å². The Labute approximate surface area is 102 Å². The second-order valence-corrected chi connectivity index (χ2v) is 4.09. The van der Waals surface area contributed by atoms with Gasteiger partial charge in [0.15, 0.2) is 6.61 Å². The quantitative estimate of drug-likeness (QED) is 0.737. The summed E-state index contributed by atoms with van der Waals surface area (Å²) in [6, 6.07) is 7.75. The van der Waals surface area contributed by atoms with Crippen molar-refractivity contribution in [3.05, 3.63) is 29.8 Å². The van der Waals surface area contributed by atoms with Crippen LogP contribution in [0.25, 0.3) is 0 Å². The number of likely N-dealkylation sites (N-methyl/N-ethyl adjacent to an activating group) is 1. The number of carbonyl (C=O) groups is 1. The lowest BCUT2D eigenvalue weighted by Gasteiger charge is -2.14. The lowest BCUT2D eigenvalue weighted by molar-refractivity contribution is -0.170. The van der Waals surface area contributed by atoms with Gasteiger partial charge in [-0.3, -0.25) is 9.63 Å². The molecule has 0 spiro atoms. The standard InChI is InChI=1S/C13H19NO3/c1-10(2)11-5-7-12(8-6-11)17-9-13(15)14(3)16-4/h5-8,10H,9H2,1-4H3. The molecule has 0 N–H and O–H groups in total. The molecule has 0 aliphatic heterocycles. The minimum absolute atomic E-state index is 0.0225. The zero-order valence-electron chi connectivity index (χ0n) is 10.8. The highest BCUT2D eigenvalue weighted by Crippen LogP contribution is 2.18. The van der Waals surface area contributed by atoms with Gasteiger partial charge in [0.2, 0.25) is 0 Å². The first-order valence-corrected chi connectivity index (χ1v) is 5.58. The van der Waals surface area contributed by atoms with E-state index in [2.05, 4.69) is 13.8 Å². The Hall–Kier alpha value is -1.55. The van der Waals surface area contributed by atoms with Crippen molar-refractivity contribution in [1.29, 1.82) is 0 Å². The lowest BCUT2D eigenvalue weighted by atomic mass is 10.0. The molecule has 0 saturated heterocycles. The number of hydroxylamine groups is 2. The van der Waals surface area contributed by atoms with Gasteiger partial charge in [0.1, 0.15) is 5.75 Å². The Morgan fingerprint density at radius 3 is 2.35 bits per heavy atom. The summed E-state index contributed by atoms with van der Waals surface area (Å²) in [5.41, 5.74) is 1.25. The van der Waals surface area contributed by atoms with E-state index in [4.69, 9.17) is 9.57 Å². The van der Waals surface area contributed by atoms with E-state index in [1.54, 1.807) is 7.05 Å². The van der Waals surface area contributed by atoms with Gasteiger partial charge in [0.25, 0.3) is 5.91 Å². The topological polar surface area (TPSA) is 38.8 Å². The largest absolute Gasteiger partial charge is 0.484 e. The van der Waals surface area contributed by atoms with Gasteiger partial charge in [0.05, 0.1) is 7.11 Å². The van der Waals surface area contributed by atoms with E-state index in [1.807, 2.05) is 24.3 Å². The second kappa shape index (κ2) is 6.25. The predicted molar refractivity (Wildman–Crippen MR) is 65.8 cm³/mol. The molecule has 4 heteroatoms. The van der Waals surface area contributed by atoms with Crippen molar-refractivity contribution < 1.29 is 14.4 Å². The monoisotopic (exact) mass is 237 g/mol. The van der Waals surface area contributed by atoms with E-state index in [0.29, 0.717) is 11.7 Å². The molecule has 0 saturated carbocycles. The third-order valence-electron chi connectivity index (χ3n) is 2.53. The maximum atomic E-state index is 11.4. The van der Waals surface area contributed by atoms with Gasteiger partial charge in [0, 0.05) is 7.05 Å². The summed E-state index contributed by atoms with van der Waals surface area (Å²) in [7, 11) is 2.99. The molecule has 0 fully saturated rings. The number of ether oxygens (including phenoxy) is 1. The van der Waals surface area contributed by atoms with E-state index >= 15 is 0 Å². The van der Waals surface area contributed by atoms with Crippen LogP contribution in [0, 0.1) is 0 Å². The highest BCUT2D eigenvalue weighted by molar-refractivity contribution is 5.76. The second-order valence-electron chi connectivity index (χ2n) is 4.09. The third kappa shape index (κ3) is 4.07. The predicted octanol–water partition coefficient (Wildman–Crippen LogP) is 2.21. The molecular formula is C13H19NO3. The molecule has 1 amide bonds. The molecule has 0 aliphatic rings. The number of rotatable bonds is 5. The van der Waals surface area contributed by atoms with Crippen LogP contribution >= 0.6 is 0 Å². The average Bonchev–Trinajstić information content (AvgIpc) is 2.35.